The summed E-state index contributed by atoms with van der Waals surface area (Å²) in [6.07, 6.45) is -0.961. The second-order valence-corrected chi connectivity index (χ2v) is 7.08. The molecule has 0 radical (unpaired) electrons. The van der Waals surface area contributed by atoms with E-state index in [1.54, 1.807) is 31.2 Å². The average molecular weight is 434 g/mol. The number of hydrogen-bond acceptors (Lipinski definition) is 3. The van der Waals surface area contributed by atoms with E-state index in [1.807, 2.05) is 0 Å². The van der Waals surface area contributed by atoms with Crippen LogP contribution in [0.5, 0.6) is 0 Å². The molecule has 3 rings (SSSR count). The minimum atomic E-state index is -2.66. The number of hydrogen-bond donors (Lipinski definition) is 0. The molecule has 1 atom stereocenters. The molecule has 7 heteroatoms. The second-order valence-electron chi connectivity index (χ2n) is 6.64. The fourth-order valence-electron chi connectivity index (χ4n) is 3.15. The lowest BCUT2D eigenvalue weighted by molar-refractivity contribution is -0.145. The van der Waals surface area contributed by atoms with Gasteiger partial charge in [0.05, 0.1) is 12.3 Å². The number of esters is 1. The van der Waals surface area contributed by atoms with Crippen molar-refractivity contribution in [1.82, 2.24) is 4.98 Å². The summed E-state index contributed by atoms with van der Waals surface area (Å²) in [4.78, 5) is 16.8. The molecule has 0 aliphatic heterocycles. The van der Waals surface area contributed by atoms with Gasteiger partial charge in [-0.3, -0.25) is 9.78 Å². The zero-order valence-corrected chi connectivity index (χ0v) is 16.9. The molecule has 0 saturated carbocycles. The van der Waals surface area contributed by atoms with Gasteiger partial charge in [-0.15, -0.1) is 0 Å². The molecule has 156 valence electrons. The van der Waals surface area contributed by atoms with E-state index in [9.17, 15) is 18.0 Å². The van der Waals surface area contributed by atoms with Crippen LogP contribution in [0.1, 0.15) is 36.1 Å². The van der Waals surface area contributed by atoms with E-state index in [0.717, 1.165) is 5.56 Å². The Hall–Kier alpha value is -2.86. The molecule has 0 aliphatic carbocycles. The lowest BCUT2D eigenvalue weighted by atomic mass is 9.94. The van der Waals surface area contributed by atoms with Gasteiger partial charge < -0.3 is 4.74 Å². The zero-order chi connectivity index (χ0) is 21.7. The quantitative estimate of drug-likeness (QED) is 0.406. The van der Waals surface area contributed by atoms with E-state index in [4.69, 9.17) is 16.3 Å². The number of nitrogens with zero attached hydrogens (tertiary/aromatic N) is 1. The number of pyridine rings is 1. The number of halogens is 4. The fourth-order valence-corrected chi connectivity index (χ4v) is 3.32. The first-order chi connectivity index (χ1) is 14.4. The van der Waals surface area contributed by atoms with E-state index < -0.39 is 18.3 Å². The van der Waals surface area contributed by atoms with Crippen molar-refractivity contribution in [3.8, 4) is 11.1 Å². The number of ether oxygens (including phenoxy) is 1. The van der Waals surface area contributed by atoms with Gasteiger partial charge in [-0.2, -0.15) is 0 Å². The average Bonchev–Trinajstić information content (AvgIpc) is 2.73. The number of alkyl halides is 2. The van der Waals surface area contributed by atoms with Gasteiger partial charge in [-0.25, -0.2) is 13.2 Å². The highest BCUT2D eigenvalue weighted by Gasteiger charge is 2.24. The van der Waals surface area contributed by atoms with Crippen LogP contribution in [0.3, 0.4) is 0 Å². The van der Waals surface area contributed by atoms with Crippen LogP contribution in [0.2, 0.25) is 5.02 Å². The molecule has 0 fully saturated rings. The van der Waals surface area contributed by atoms with Crippen LogP contribution >= 0.6 is 11.6 Å². The van der Waals surface area contributed by atoms with E-state index in [1.165, 1.54) is 36.5 Å². The Kier molecular flexibility index (Phi) is 7.11. The molecule has 3 nitrogen and oxygen atoms in total. The van der Waals surface area contributed by atoms with Crippen molar-refractivity contribution in [2.45, 2.75) is 25.7 Å². The van der Waals surface area contributed by atoms with Crippen LogP contribution in [-0.4, -0.2) is 17.6 Å². The number of aromatic nitrogens is 1. The summed E-state index contributed by atoms with van der Waals surface area (Å²) in [7, 11) is 0. The molecule has 30 heavy (non-hydrogen) atoms. The first-order valence-corrected chi connectivity index (χ1v) is 9.71. The van der Waals surface area contributed by atoms with Crippen molar-refractivity contribution >= 4 is 17.6 Å². The fraction of sp³-hybridized carbons (Fsp3) is 0.217. The van der Waals surface area contributed by atoms with Crippen molar-refractivity contribution in [1.29, 1.82) is 0 Å². The maximum atomic E-state index is 13.4. The first-order valence-electron chi connectivity index (χ1n) is 9.34. The summed E-state index contributed by atoms with van der Waals surface area (Å²) in [5.74, 6) is -1.54. The van der Waals surface area contributed by atoms with Crippen LogP contribution < -0.4 is 0 Å². The standard InChI is InChI=1S/C23H19ClF3NO2/c1-2-30-23(29)20(11-14-3-7-17(25)8-4-14)21-10-5-15(13-28-21)19-12-16(24)6-9-18(19)22(26)27/h3-10,12-13,20,22H,2,11H2,1H3. The van der Waals surface area contributed by atoms with Gasteiger partial charge in [0.1, 0.15) is 11.7 Å². The molecule has 1 heterocycles. The molecular weight excluding hydrogens is 415 g/mol. The smallest absolute Gasteiger partial charge is 0.315 e. The predicted molar refractivity (Wildman–Crippen MR) is 109 cm³/mol. The Morgan fingerprint density at radius 1 is 1.10 bits per heavy atom. The Morgan fingerprint density at radius 2 is 1.83 bits per heavy atom. The Bertz CT molecular complexity index is 1010. The van der Waals surface area contributed by atoms with Crippen LogP contribution in [0.25, 0.3) is 11.1 Å². The maximum Gasteiger partial charge on any atom is 0.315 e. The minimum absolute atomic E-state index is 0.151. The Morgan fingerprint density at radius 3 is 2.43 bits per heavy atom. The topological polar surface area (TPSA) is 39.2 Å². The monoisotopic (exact) mass is 433 g/mol. The number of carbonyl (C=O) groups excluding carboxylic acids is 1. The van der Waals surface area contributed by atoms with Crippen LogP contribution in [-0.2, 0) is 16.0 Å². The van der Waals surface area contributed by atoms with Gasteiger partial charge in [0, 0.05) is 22.3 Å². The number of rotatable bonds is 7. The predicted octanol–water partition coefficient (Wildman–Crippen LogP) is 6.37. The van der Waals surface area contributed by atoms with Crippen molar-refractivity contribution in [2.24, 2.45) is 0 Å². The normalized spacial score (nSPS) is 12.1. The van der Waals surface area contributed by atoms with E-state index in [2.05, 4.69) is 4.98 Å². The highest BCUT2D eigenvalue weighted by molar-refractivity contribution is 6.30. The molecule has 3 aromatic rings. The largest absolute Gasteiger partial charge is 0.465 e. The van der Waals surface area contributed by atoms with Gasteiger partial charge >= 0.3 is 5.97 Å². The lowest BCUT2D eigenvalue weighted by Gasteiger charge is -2.16. The molecule has 0 spiro atoms. The maximum absolute atomic E-state index is 13.4. The van der Waals surface area contributed by atoms with Gasteiger partial charge in [-0.1, -0.05) is 35.9 Å². The lowest BCUT2D eigenvalue weighted by Crippen LogP contribution is -2.19. The molecule has 2 aromatic carbocycles. The summed E-state index contributed by atoms with van der Waals surface area (Å²) in [5.41, 5.74) is 1.77. The third-order valence-corrected chi connectivity index (χ3v) is 4.86. The Balaban J connectivity index is 1.93. The second kappa shape index (κ2) is 9.76. The highest BCUT2D eigenvalue weighted by atomic mass is 35.5. The van der Waals surface area contributed by atoms with E-state index in [-0.39, 0.29) is 30.0 Å². The van der Waals surface area contributed by atoms with Gasteiger partial charge in [0.25, 0.3) is 6.43 Å². The van der Waals surface area contributed by atoms with E-state index in [0.29, 0.717) is 16.3 Å². The van der Waals surface area contributed by atoms with Crippen molar-refractivity contribution in [3.63, 3.8) is 0 Å². The molecule has 0 saturated heterocycles. The SMILES string of the molecule is CCOC(=O)C(Cc1ccc(F)cc1)c1ccc(-c2cc(Cl)ccc2C(F)F)cn1. The number of carbonyl (C=O) groups is 1. The summed E-state index contributed by atoms with van der Waals surface area (Å²) < 4.78 is 45.1. The van der Waals surface area contributed by atoms with Crippen molar-refractivity contribution in [2.75, 3.05) is 6.61 Å². The van der Waals surface area contributed by atoms with Crippen molar-refractivity contribution < 1.29 is 22.7 Å². The summed E-state index contributed by atoms with van der Waals surface area (Å²) in [6, 6.07) is 13.2. The molecule has 0 bridgehead atoms. The summed E-state index contributed by atoms with van der Waals surface area (Å²) >= 11 is 5.98. The first kappa shape index (κ1) is 21.8. The van der Waals surface area contributed by atoms with Crippen molar-refractivity contribution in [3.05, 3.63) is 88.5 Å². The van der Waals surface area contributed by atoms with Gasteiger partial charge in [-0.05, 0) is 54.8 Å². The highest BCUT2D eigenvalue weighted by Crippen LogP contribution is 2.33. The third kappa shape index (κ3) is 5.19. The number of benzene rings is 2. The molecule has 1 unspecified atom stereocenters. The van der Waals surface area contributed by atoms with Crippen LogP contribution in [0.4, 0.5) is 13.2 Å². The molecule has 1 aromatic heterocycles. The summed E-state index contributed by atoms with van der Waals surface area (Å²) in [6.45, 7) is 1.91. The van der Waals surface area contributed by atoms with Crippen LogP contribution in [0.15, 0.2) is 60.8 Å². The van der Waals surface area contributed by atoms with Crippen LogP contribution in [0, 0.1) is 5.82 Å². The van der Waals surface area contributed by atoms with Gasteiger partial charge in [0.2, 0.25) is 0 Å². The molecular formula is C23H19ClF3NO2. The van der Waals surface area contributed by atoms with E-state index >= 15 is 0 Å². The zero-order valence-electron chi connectivity index (χ0n) is 16.1. The molecule has 0 N–H and O–H groups in total. The minimum Gasteiger partial charge on any atom is -0.465 e. The Labute approximate surface area is 177 Å². The summed E-state index contributed by atoms with van der Waals surface area (Å²) in [5, 5.41) is 0.333. The molecule has 0 aliphatic rings. The molecule has 0 amide bonds. The van der Waals surface area contributed by atoms with Gasteiger partial charge in [0.15, 0.2) is 0 Å². The third-order valence-electron chi connectivity index (χ3n) is 4.63.